The van der Waals surface area contributed by atoms with E-state index in [4.69, 9.17) is 14.5 Å². The molecule has 2 aromatic carbocycles. The largest absolute Gasteiger partial charge is 0.493 e. The molecule has 0 atom stereocenters. The van der Waals surface area contributed by atoms with Crippen LogP contribution in [0.25, 0.3) is 21.5 Å². The van der Waals surface area contributed by atoms with Gasteiger partial charge in [-0.1, -0.05) is 49.4 Å². The van der Waals surface area contributed by atoms with Gasteiger partial charge in [0.05, 0.1) is 30.1 Å². The Morgan fingerprint density at radius 2 is 1.64 bits per heavy atom. The molecule has 0 aliphatic carbocycles. The first-order chi connectivity index (χ1) is 13.6. The highest BCUT2D eigenvalue weighted by Gasteiger charge is 2.12. The van der Waals surface area contributed by atoms with Crippen LogP contribution in [0.1, 0.15) is 25.3 Å². The van der Waals surface area contributed by atoms with Gasteiger partial charge in [-0.2, -0.15) is 0 Å². The maximum atomic E-state index is 5.37. The van der Waals surface area contributed by atoms with Gasteiger partial charge in [-0.15, -0.1) is 11.3 Å². The Labute approximate surface area is 172 Å². The number of benzene rings is 2. The first kappa shape index (κ1) is 18.7. The van der Waals surface area contributed by atoms with E-state index in [-0.39, 0.29) is 0 Å². The SMILES string of the molecule is COc1cc2nc(Nc3nc(-c4ccc(C(C)C)cc4)cs3)sc2cc1OC. The summed E-state index contributed by atoms with van der Waals surface area (Å²) in [6.07, 6.45) is 0. The Morgan fingerprint density at radius 1 is 0.929 bits per heavy atom. The molecule has 7 heteroatoms. The second-order valence-corrected chi connectivity index (χ2v) is 8.52. The zero-order valence-electron chi connectivity index (χ0n) is 16.1. The van der Waals surface area contributed by atoms with Crippen LogP contribution in [0.5, 0.6) is 11.5 Å². The average molecular weight is 412 g/mol. The fraction of sp³-hybridized carbons (Fsp3) is 0.238. The number of nitrogens with one attached hydrogen (secondary N) is 1. The lowest BCUT2D eigenvalue weighted by Crippen LogP contribution is -1.90. The predicted molar refractivity (Wildman–Crippen MR) is 118 cm³/mol. The molecule has 0 amide bonds. The molecule has 0 unspecified atom stereocenters. The van der Waals surface area contributed by atoms with E-state index in [0.717, 1.165) is 31.7 Å². The molecule has 0 saturated carbocycles. The third-order valence-electron chi connectivity index (χ3n) is 4.48. The summed E-state index contributed by atoms with van der Waals surface area (Å²) in [5, 5.41) is 7.00. The molecule has 28 heavy (non-hydrogen) atoms. The van der Waals surface area contributed by atoms with E-state index >= 15 is 0 Å². The maximum Gasteiger partial charge on any atom is 0.190 e. The summed E-state index contributed by atoms with van der Waals surface area (Å²) in [5.74, 6) is 1.90. The highest BCUT2D eigenvalue weighted by atomic mass is 32.1. The fourth-order valence-corrected chi connectivity index (χ4v) is 4.56. The fourth-order valence-electron chi connectivity index (χ4n) is 2.90. The van der Waals surface area contributed by atoms with Crippen LogP contribution in [0.4, 0.5) is 10.3 Å². The quantitative estimate of drug-likeness (QED) is 0.403. The van der Waals surface area contributed by atoms with E-state index in [2.05, 4.69) is 53.8 Å². The Kier molecular flexibility index (Phi) is 5.19. The number of ether oxygens (including phenoxy) is 2. The summed E-state index contributed by atoms with van der Waals surface area (Å²) in [5.41, 5.74) is 4.28. The van der Waals surface area contributed by atoms with Gasteiger partial charge in [0.25, 0.3) is 0 Å². The molecular formula is C21H21N3O2S2. The van der Waals surface area contributed by atoms with E-state index in [9.17, 15) is 0 Å². The van der Waals surface area contributed by atoms with Crippen LogP contribution in [0.3, 0.4) is 0 Å². The number of anilines is 2. The lowest BCUT2D eigenvalue weighted by atomic mass is 10.0. The van der Waals surface area contributed by atoms with Crippen LogP contribution in [0.2, 0.25) is 0 Å². The van der Waals surface area contributed by atoms with E-state index < -0.39 is 0 Å². The van der Waals surface area contributed by atoms with Crippen molar-refractivity contribution in [2.24, 2.45) is 0 Å². The highest BCUT2D eigenvalue weighted by molar-refractivity contribution is 7.22. The smallest absolute Gasteiger partial charge is 0.190 e. The number of aromatic nitrogens is 2. The van der Waals surface area contributed by atoms with Crippen molar-refractivity contribution in [3.8, 4) is 22.8 Å². The molecule has 0 fully saturated rings. The summed E-state index contributed by atoms with van der Waals surface area (Å²) in [6, 6.07) is 12.4. The number of hydrogen-bond acceptors (Lipinski definition) is 7. The Hall–Kier alpha value is -2.64. The van der Waals surface area contributed by atoms with Crippen molar-refractivity contribution in [2.45, 2.75) is 19.8 Å². The average Bonchev–Trinajstić information content (AvgIpc) is 3.33. The lowest BCUT2D eigenvalue weighted by Gasteiger charge is -2.05. The second-order valence-electron chi connectivity index (χ2n) is 6.63. The molecule has 144 valence electrons. The zero-order chi connectivity index (χ0) is 19.7. The molecular weight excluding hydrogens is 390 g/mol. The summed E-state index contributed by atoms with van der Waals surface area (Å²) in [7, 11) is 3.26. The topological polar surface area (TPSA) is 56.3 Å². The molecule has 2 aromatic heterocycles. The standard InChI is InChI=1S/C21H21N3O2S2/c1-12(2)13-5-7-14(8-6-13)16-11-27-20(23-16)24-21-22-15-9-17(25-3)18(26-4)10-19(15)28-21/h5-12H,1-4H3,(H,22,23,24). The number of fused-ring (bicyclic) bond motifs is 1. The van der Waals surface area contributed by atoms with Crippen molar-refractivity contribution in [1.82, 2.24) is 9.97 Å². The van der Waals surface area contributed by atoms with Crippen LogP contribution in [-0.2, 0) is 0 Å². The van der Waals surface area contributed by atoms with Gasteiger partial charge in [0.15, 0.2) is 21.8 Å². The molecule has 2 heterocycles. The van der Waals surface area contributed by atoms with Crippen LogP contribution >= 0.6 is 22.7 Å². The number of nitrogens with zero attached hydrogens (tertiary/aromatic N) is 2. The first-order valence-electron chi connectivity index (χ1n) is 8.93. The van der Waals surface area contributed by atoms with Gasteiger partial charge < -0.3 is 14.8 Å². The molecule has 0 aliphatic rings. The third kappa shape index (κ3) is 3.68. The molecule has 0 radical (unpaired) electrons. The molecule has 1 N–H and O–H groups in total. The van der Waals surface area contributed by atoms with Gasteiger partial charge >= 0.3 is 0 Å². The Morgan fingerprint density at radius 3 is 2.32 bits per heavy atom. The van der Waals surface area contributed by atoms with E-state index in [1.54, 1.807) is 36.9 Å². The van der Waals surface area contributed by atoms with Crippen molar-refractivity contribution in [1.29, 1.82) is 0 Å². The molecule has 5 nitrogen and oxygen atoms in total. The Balaban J connectivity index is 1.56. The van der Waals surface area contributed by atoms with Crippen LogP contribution < -0.4 is 14.8 Å². The van der Waals surface area contributed by atoms with E-state index in [1.165, 1.54) is 5.56 Å². The lowest BCUT2D eigenvalue weighted by molar-refractivity contribution is 0.356. The molecule has 4 aromatic rings. The van der Waals surface area contributed by atoms with Crippen LogP contribution in [0, 0.1) is 0 Å². The monoisotopic (exact) mass is 411 g/mol. The van der Waals surface area contributed by atoms with E-state index in [0.29, 0.717) is 17.4 Å². The van der Waals surface area contributed by atoms with Gasteiger partial charge in [-0.3, -0.25) is 0 Å². The molecule has 0 bridgehead atoms. The number of hydrogen-bond donors (Lipinski definition) is 1. The van der Waals surface area contributed by atoms with Crippen LogP contribution in [-0.4, -0.2) is 24.2 Å². The van der Waals surface area contributed by atoms with Crippen molar-refractivity contribution in [3.63, 3.8) is 0 Å². The number of methoxy groups -OCH3 is 2. The van der Waals surface area contributed by atoms with Gasteiger partial charge in [0.2, 0.25) is 0 Å². The van der Waals surface area contributed by atoms with Gasteiger partial charge in [0, 0.05) is 23.1 Å². The van der Waals surface area contributed by atoms with Crippen molar-refractivity contribution >= 4 is 43.2 Å². The number of thiazole rings is 2. The minimum atomic E-state index is 0.526. The van der Waals surface area contributed by atoms with Crippen molar-refractivity contribution in [3.05, 3.63) is 47.3 Å². The number of rotatable bonds is 6. The molecule has 0 spiro atoms. The molecule has 0 aliphatic heterocycles. The van der Waals surface area contributed by atoms with Gasteiger partial charge in [-0.05, 0) is 11.5 Å². The predicted octanol–water partition coefficient (Wildman–Crippen LogP) is 6.30. The van der Waals surface area contributed by atoms with Gasteiger partial charge in [0.1, 0.15) is 0 Å². The highest BCUT2D eigenvalue weighted by Crippen LogP contribution is 2.37. The zero-order valence-corrected chi connectivity index (χ0v) is 17.8. The minimum absolute atomic E-state index is 0.526. The van der Waals surface area contributed by atoms with E-state index in [1.807, 2.05) is 12.1 Å². The Bertz CT molecular complexity index is 1060. The first-order valence-corrected chi connectivity index (χ1v) is 10.6. The van der Waals surface area contributed by atoms with Crippen LogP contribution in [0.15, 0.2) is 41.8 Å². The molecule has 4 rings (SSSR count). The summed E-state index contributed by atoms with van der Waals surface area (Å²) in [6.45, 7) is 4.39. The summed E-state index contributed by atoms with van der Waals surface area (Å²) < 4.78 is 11.8. The normalized spacial score (nSPS) is 11.2. The minimum Gasteiger partial charge on any atom is -0.493 e. The summed E-state index contributed by atoms with van der Waals surface area (Å²) in [4.78, 5) is 9.36. The van der Waals surface area contributed by atoms with Gasteiger partial charge in [-0.25, -0.2) is 9.97 Å². The van der Waals surface area contributed by atoms with Crippen molar-refractivity contribution in [2.75, 3.05) is 19.5 Å². The summed E-state index contributed by atoms with van der Waals surface area (Å²) >= 11 is 3.13. The third-order valence-corrected chi connectivity index (χ3v) is 6.18. The van der Waals surface area contributed by atoms with Crippen molar-refractivity contribution < 1.29 is 9.47 Å². The maximum absolute atomic E-state index is 5.37. The molecule has 0 saturated heterocycles. The second kappa shape index (κ2) is 7.77.